The number of carbonyl (C=O) groups excluding carboxylic acids is 1. The molecule has 0 aliphatic rings. The quantitative estimate of drug-likeness (QED) is 0.509. The molecule has 0 bridgehead atoms. The highest BCUT2D eigenvalue weighted by molar-refractivity contribution is 6.36. The molecule has 2 aromatic rings. The van der Waals surface area contributed by atoms with E-state index >= 15 is 0 Å². The van der Waals surface area contributed by atoms with Gasteiger partial charge in [0.05, 0.1) is 10.0 Å². The summed E-state index contributed by atoms with van der Waals surface area (Å²) in [6.45, 7) is 1.62. The van der Waals surface area contributed by atoms with Gasteiger partial charge in [0, 0.05) is 17.5 Å². The van der Waals surface area contributed by atoms with Crippen LogP contribution in [0.15, 0.2) is 53.9 Å². The minimum absolute atomic E-state index is 0.000910. The van der Waals surface area contributed by atoms with Crippen molar-refractivity contribution in [1.29, 1.82) is 5.26 Å². The van der Waals surface area contributed by atoms with E-state index in [4.69, 9.17) is 23.2 Å². The number of carbonyl (C=O) groups is 1. The number of allylic oxidation sites excluding steroid dienone is 2. The van der Waals surface area contributed by atoms with Gasteiger partial charge in [-0.05, 0) is 13.0 Å². The highest BCUT2D eigenvalue weighted by Gasteiger charge is 2.16. The summed E-state index contributed by atoms with van der Waals surface area (Å²) in [4.78, 5) is 16.4. The van der Waals surface area contributed by atoms with Crippen LogP contribution >= 0.6 is 23.2 Å². The summed E-state index contributed by atoms with van der Waals surface area (Å²) >= 11 is 11.8. The molecule has 0 radical (unpaired) electrons. The fourth-order valence-electron chi connectivity index (χ4n) is 1.79. The van der Waals surface area contributed by atoms with Gasteiger partial charge in [0.2, 0.25) is 5.78 Å². The van der Waals surface area contributed by atoms with Gasteiger partial charge in [0.1, 0.15) is 17.5 Å². The molecule has 1 aromatic heterocycles. The predicted molar refractivity (Wildman–Crippen MR) is 87.0 cm³/mol. The van der Waals surface area contributed by atoms with Gasteiger partial charge in [-0.15, -0.1) is 0 Å². The van der Waals surface area contributed by atoms with Gasteiger partial charge in [-0.1, -0.05) is 53.5 Å². The van der Waals surface area contributed by atoms with Crippen molar-refractivity contribution in [2.75, 3.05) is 5.32 Å². The molecule has 6 heteroatoms. The van der Waals surface area contributed by atoms with Gasteiger partial charge >= 0.3 is 0 Å². The van der Waals surface area contributed by atoms with E-state index in [1.165, 1.54) is 12.3 Å². The fourth-order valence-corrected chi connectivity index (χ4v) is 2.21. The van der Waals surface area contributed by atoms with Crippen LogP contribution in [-0.2, 0) is 0 Å². The third-order valence-electron chi connectivity index (χ3n) is 2.86. The maximum absolute atomic E-state index is 12.4. The van der Waals surface area contributed by atoms with Crippen LogP contribution in [0, 0.1) is 11.3 Å². The molecule has 4 nitrogen and oxygen atoms in total. The highest BCUT2D eigenvalue weighted by Crippen LogP contribution is 2.24. The number of ketones is 1. The van der Waals surface area contributed by atoms with Gasteiger partial charge in [0.15, 0.2) is 0 Å². The Labute approximate surface area is 138 Å². The summed E-state index contributed by atoms with van der Waals surface area (Å²) in [6, 6.07) is 12.0. The Kier molecular flexibility index (Phi) is 5.16. The summed E-state index contributed by atoms with van der Waals surface area (Å²) in [5.41, 5.74) is 0.808. The molecule has 2 rings (SSSR count). The van der Waals surface area contributed by atoms with Crippen molar-refractivity contribution >= 4 is 34.8 Å². The van der Waals surface area contributed by atoms with E-state index in [1.54, 1.807) is 37.3 Å². The minimum atomic E-state index is -0.363. The number of benzene rings is 1. The molecule has 0 fully saturated rings. The van der Waals surface area contributed by atoms with E-state index in [0.717, 1.165) is 0 Å². The summed E-state index contributed by atoms with van der Waals surface area (Å²) in [5.74, 6) is -0.0321. The van der Waals surface area contributed by atoms with E-state index in [0.29, 0.717) is 27.1 Å². The Morgan fingerprint density at radius 1 is 1.27 bits per heavy atom. The standard InChI is InChI=1S/C16H11Cl2N3O/c1-10(21-16-14(18)7-12(17)9-20-16)13(8-19)15(22)11-5-3-2-4-6-11/h2-7,9H,1H3,(H,20,21)/b13-10+. The number of halogens is 2. The number of nitrogens with zero attached hydrogens (tertiary/aromatic N) is 2. The Hall–Kier alpha value is -2.35. The van der Waals surface area contributed by atoms with E-state index in [1.807, 2.05) is 6.07 Å². The molecule has 0 saturated heterocycles. The maximum atomic E-state index is 12.4. The molecule has 0 saturated carbocycles. The summed E-state index contributed by atoms with van der Waals surface area (Å²) < 4.78 is 0. The molecule has 22 heavy (non-hydrogen) atoms. The monoisotopic (exact) mass is 331 g/mol. The second-order valence-electron chi connectivity index (χ2n) is 4.42. The first-order valence-electron chi connectivity index (χ1n) is 6.31. The number of anilines is 1. The average molecular weight is 332 g/mol. The van der Waals surface area contributed by atoms with Crippen molar-refractivity contribution < 1.29 is 4.79 Å². The lowest BCUT2D eigenvalue weighted by molar-refractivity contribution is 0.103. The van der Waals surface area contributed by atoms with Gasteiger partial charge in [-0.25, -0.2) is 4.98 Å². The highest BCUT2D eigenvalue weighted by atomic mass is 35.5. The Morgan fingerprint density at radius 2 is 1.95 bits per heavy atom. The number of aromatic nitrogens is 1. The fraction of sp³-hybridized carbons (Fsp3) is 0.0625. The second kappa shape index (κ2) is 7.08. The van der Waals surface area contributed by atoms with Crippen LogP contribution < -0.4 is 5.32 Å². The van der Waals surface area contributed by atoms with Crippen LogP contribution in [0.2, 0.25) is 10.0 Å². The number of nitrogens with one attached hydrogen (secondary N) is 1. The van der Waals surface area contributed by atoms with Gasteiger partial charge in [0.25, 0.3) is 0 Å². The first kappa shape index (κ1) is 16.0. The first-order valence-corrected chi connectivity index (χ1v) is 7.07. The zero-order valence-electron chi connectivity index (χ0n) is 11.6. The molecular formula is C16H11Cl2N3O. The molecule has 0 spiro atoms. The molecule has 0 aliphatic heterocycles. The number of hydrogen-bond donors (Lipinski definition) is 1. The minimum Gasteiger partial charge on any atom is -0.341 e. The topological polar surface area (TPSA) is 65.8 Å². The predicted octanol–water partition coefficient (Wildman–Crippen LogP) is 4.48. The summed E-state index contributed by atoms with van der Waals surface area (Å²) in [7, 11) is 0. The van der Waals surface area contributed by atoms with Crippen molar-refractivity contribution in [3.8, 4) is 6.07 Å². The largest absolute Gasteiger partial charge is 0.341 e. The number of pyridine rings is 1. The molecule has 1 aromatic carbocycles. The second-order valence-corrected chi connectivity index (χ2v) is 5.26. The lowest BCUT2D eigenvalue weighted by Crippen LogP contribution is -2.09. The zero-order chi connectivity index (χ0) is 16.1. The van der Waals surface area contributed by atoms with Crippen LogP contribution in [0.3, 0.4) is 0 Å². The SMILES string of the molecule is C/C(Nc1ncc(Cl)cc1Cl)=C(/C#N)C(=O)c1ccccc1. The Bertz CT molecular complexity index is 780. The molecular weight excluding hydrogens is 321 g/mol. The average Bonchev–Trinajstić information content (AvgIpc) is 2.51. The third-order valence-corrected chi connectivity index (χ3v) is 3.36. The van der Waals surface area contributed by atoms with E-state index in [-0.39, 0.29) is 11.4 Å². The molecule has 0 aliphatic carbocycles. The number of hydrogen-bond acceptors (Lipinski definition) is 4. The van der Waals surface area contributed by atoms with E-state index in [2.05, 4.69) is 10.3 Å². The molecule has 0 unspecified atom stereocenters. The molecule has 0 atom stereocenters. The van der Waals surface area contributed by atoms with Crippen molar-refractivity contribution in [1.82, 2.24) is 4.98 Å². The zero-order valence-corrected chi connectivity index (χ0v) is 13.1. The van der Waals surface area contributed by atoms with Gasteiger partial charge < -0.3 is 5.32 Å². The summed E-state index contributed by atoms with van der Waals surface area (Å²) in [5, 5.41) is 12.9. The number of Topliss-reactive ketones (excluding diaryl/α,β-unsaturated/α-hetero) is 1. The van der Waals surface area contributed by atoms with Crippen molar-refractivity contribution in [3.63, 3.8) is 0 Å². The normalized spacial score (nSPS) is 11.4. The van der Waals surface area contributed by atoms with Crippen LogP contribution in [0.1, 0.15) is 17.3 Å². The van der Waals surface area contributed by atoms with Crippen LogP contribution in [0.4, 0.5) is 5.82 Å². The molecule has 110 valence electrons. The van der Waals surface area contributed by atoms with Gasteiger partial charge in [-0.3, -0.25) is 4.79 Å². The van der Waals surface area contributed by atoms with Crippen LogP contribution in [0.25, 0.3) is 0 Å². The van der Waals surface area contributed by atoms with Gasteiger partial charge in [-0.2, -0.15) is 5.26 Å². The smallest absolute Gasteiger partial charge is 0.205 e. The first-order chi connectivity index (χ1) is 10.5. The van der Waals surface area contributed by atoms with E-state index < -0.39 is 0 Å². The Morgan fingerprint density at radius 3 is 2.55 bits per heavy atom. The van der Waals surface area contributed by atoms with Crippen molar-refractivity contribution in [2.24, 2.45) is 0 Å². The maximum Gasteiger partial charge on any atom is 0.205 e. The van der Waals surface area contributed by atoms with Crippen molar-refractivity contribution in [2.45, 2.75) is 6.92 Å². The number of rotatable bonds is 4. The summed E-state index contributed by atoms with van der Waals surface area (Å²) in [6.07, 6.45) is 1.42. The lowest BCUT2D eigenvalue weighted by atomic mass is 10.0. The lowest BCUT2D eigenvalue weighted by Gasteiger charge is -2.09. The molecule has 1 heterocycles. The van der Waals surface area contributed by atoms with E-state index in [9.17, 15) is 10.1 Å². The number of nitriles is 1. The van der Waals surface area contributed by atoms with Crippen LogP contribution in [-0.4, -0.2) is 10.8 Å². The Balaban J connectivity index is 2.34. The van der Waals surface area contributed by atoms with Crippen molar-refractivity contribution in [3.05, 3.63) is 69.5 Å². The van der Waals surface area contributed by atoms with Crippen LogP contribution in [0.5, 0.6) is 0 Å². The third kappa shape index (κ3) is 3.64. The molecule has 1 N–H and O–H groups in total. The molecule has 0 amide bonds.